The molecule has 0 amide bonds. The van der Waals surface area contributed by atoms with E-state index in [1.54, 1.807) is 7.11 Å². The van der Waals surface area contributed by atoms with Gasteiger partial charge in [-0.3, -0.25) is 0 Å². The summed E-state index contributed by atoms with van der Waals surface area (Å²) < 4.78 is 5.02. The van der Waals surface area contributed by atoms with Gasteiger partial charge in [0.05, 0.1) is 6.61 Å². The summed E-state index contributed by atoms with van der Waals surface area (Å²) in [7, 11) is 1.76. The minimum Gasteiger partial charge on any atom is -0.383 e. The maximum absolute atomic E-state index is 5.02. The molecular formula is C12H25NO. The highest BCUT2D eigenvalue weighted by Crippen LogP contribution is 2.32. The summed E-state index contributed by atoms with van der Waals surface area (Å²) in [5, 5.41) is 3.49. The van der Waals surface area contributed by atoms with Crippen molar-refractivity contribution in [3.63, 3.8) is 0 Å². The molecule has 1 saturated carbocycles. The van der Waals surface area contributed by atoms with Gasteiger partial charge >= 0.3 is 0 Å². The minimum atomic E-state index is 0.834. The molecule has 0 aromatic carbocycles. The molecule has 0 aromatic rings. The Morgan fingerprint density at radius 2 is 2.07 bits per heavy atom. The molecule has 0 spiro atoms. The molecule has 14 heavy (non-hydrogen) atoms. The lowest BCUT2D eigenvalue weighted by Gasteiger charge is -2.22. The number of hydrogen-bond acceptors (Lipinski definition) is 2. The van der Waals surface area contributed by atoms with E-state index in [4.69, 9.17) is 4.74 Å². The lowest BCUT2D eigenvalue weighted by Crippen LogP contribution is -2.29. The first kappa shape index (κ1) is 12.0. The number of rotatable bonds is 7. The molecule has 1 rings (SSSR count). The Kier molecular flexibility index (Phi) is 6.20. The molecule has 84 valence electrons. The van der Waals surface area contributed by atoms with E-state index in [9.17, 15) is 0 Å². The van der Waals surface area contributed by atoms with Gasteiger partial charge in [0.1, 0.15) is 0 Å². The molecule has 0 bridgehead atoms. The van der Waals surface area contributed by atoms with Crippen LogP contribution < -0.4 is 5.32 Å². The molecule has 1 N–H and O–H groups in total. The van der Waals surface area contributed by atoms with Crippen molar-refractivity contribution < 1.29 is 4.74 Å². The number of ether oxygens (including phenoxy) is 1. The predicted molar refractivity (Wildman–Crippen MR) is 60.5 cm³/mol. The van der Waals surface area contributed by atoms with Crippen LogP contribution in [0.15, 0.2) is 0 Å². The maximum atomic E-state index is 5.02. The molecule has 1 atom stereocenters. The molecular weight excluding hydrogens is 174 g/mol. The van der Waals surface area contributed by atoms with Gasteiger partial charge in [0.25, 0.3) is 0 Å². The fourth-order valence-electron chi connectivity index (χ4n) is 2.53. The number of hydrogen-bond donors (Lipinski definition) is 1. The largest absolute Gasteiger partial charge is 0.383 e. The minimum absolute atomic E-state index is 0.834. The van der Waals surface area contributed by atoms with Gasteiger partial charge in [0, 0.05) is 13.7 Å². The fraction of sp³-hybridized carbons (Fsp3) is 1.00. The third-order valence-electron chi connectivity index (χ3n) is 3.48. The van der Waals surface area contributed by atoms with Crippen LogP contribution in [0.4, 0.5) is 0 Å². The van der Waals surface area contributed by atoms with Crippen LogP contribution in [-0.4, -0.2) is 26.8 Å². The molecule has 0 saturated heterocycles. The highest BCUT2D eigenvalue weighted by molar-refractivity contribution is 4.76. The van der Waals surface area contributed by atoms with E-state index in [1.165, 1.54) is 38.6 Å². The zero-order valence-corrected chi connectivity index (χ0v) is 9.72. The Balaban J connectivity index is 2.11. The highest BCUT2D eigenvalue weighted by Gasteiger charge is 2.22. The van der Waals surface area contributed by atoms with E-state index >= 15 is 0 Å². The van der Waals surface area contributed by atoms with E-state index in [2.05, 4.69) is 12.2 Å². The molecule has 0 radical (unpaired) electrons. The zero-order valence-electron chi connectivity index (χ0n) is 9.72. The second-order valence-corrected chi connectivity index (χ2v) is 4.41. The van der Waals surface area contributed by atoms with Crippen molar-refractivity contribution >= 4 is 0 Å². The summed E-state index contributed by atoms with van der Waals surface area (Å²) >= 11 is 0. The van der Waals surface area contributed by atoms with Crippen LogP contribution in [-0.2, 0) is 4.74 Å². The third-order valence-corrected chi connectivity index (χ3v) is 3.48. The number of methoxy groups -OCH3 is 1. The Bertz CT molecular complexity index is 132. The summed E-state index contributed by atoms with van der Waals surface area (Å²) in [4.78, 5) is 0. The maximum Gasteiger partial charge on any atom is 0.0587 e. The van der Waals surface area contributed by atoms with Crippen LogP contribution in [0.5, 0.6) is 0 Å². The van der Waals surface area contributed by atoms with Gasteiger partial charge in [-0.15, -0.1) is 0 Å². The lowest BCUT2D eigenvalue weighted by atomic mass is 9.89. The van der Waals surface area contributed by atoms with Crippen LogP contribution in [0.3, 0.4) is 0 Å². The first-order valence-electron chi connectivity index (χ1n) is 6.08. The van der Waals surface area contributed by atoms with Crippen molar-refractivity contribution in [2.75, 3.05) is 26.8 Å². The second kappa shape index (κ2) is 7.24. The molecule has 1 aliphatic carbocycles. The molecule has 1 aliphatic rings. The monoisotopic (exact) mass is 199 g/mol. The predicted octanol–water partition coefficient (Wildman–Crippen LogP) is 2.44. The van der Waals surface area contributed by atoms with E-state index < -0.39 is 0 Å². The zero-order chi connectivity index (χ0) is 10.2. The first-order chi connectivity index (χ1) is 6.88. The van der Waals surface area contributed by atoms with Gasteiger partial charge < -0.3 is 10.1 Å². The van der Waals surface area contributed by atoms with E-state index in [-0.39, 0.29) is 0 Å². The molecule has 0 aliphatic heterocycles. The van der Waals surface area contributed by atoms with Gasteiger partial charge in [-0.25, -0.2) is 0 Å². The molecule has 1 unspecified atom stereocenters. The van der Waals surface area contributed by atoms with Crippen molar-refractivity contribution in [2.45, 2.75) is 39.0 Å². The van der Waals surface area contributed by atoms with Gasteiger partial charge in [-0.1, -0.05) is 39.0 Å². The molecule has 2 nitrogen and oxygen atoms in total. The fourth-order valence-corrected chi connectivity index (χ4v) is 2.53. The second-order valence-electron chi connectivity index (χ2n) is 4.41. The Morgan fingerprint density at radius 1 is 1.36 bits per heavy atom. The normalized spacial score (nSPS) is 20.1. The number of nitrogens with one attached hydrogen (secondary N) is 1. The summed E-state index contributed by atoms with van der Waals surface area (Å²) in [6, 6.07) is 0. The van der Waals surface area contributed by atoms with Gasteiger partial charge in [-0.2, -0.15) is 0 Å². The van der Waals surface area contributed by atoms with Crippen molar-refractivity contribution in [1.29, 1.82) is 0 Å². The summed E-state index contributed by atoms with van der Waals surface area (Å²) in [6.45, 7) is 5.34. The van der Waals surface area contributed by atoms with Gasteiger partial charge in [0.2, 0.25) is 0 Å². The van der Waals surface area contributed by atoms with Gasteiger partial charge in [-0.05, 0) is 18.4 Å². The van der Waals surface area contributed by atoms with Crippen LogP contribution in [0.1, 0.15) is 39.0 Å². The van der Waals surface area contributed by atoms with Crippen LogP contribution in [0, 0.1) is 11.8 Å². The summed E-state index contributed by atoms with van der Waals surface area (Å²) in [5.74, 6) is 1.89. The average molecular weight is 199 g/mol. The van der Waals surface area contributed by atoms with Crippen molar-refractivity contribution in [2.24, 2.45) is 11.8 Å². The van der Waals surface area contributed by atoms with Crippen molar-refractivity contribution in [1.82, 2.24) is 5.32 Å². The first-order valence-corrected chi connectivity index (χ1v) is 6.08. The van der Waals surface area contributed by atoms with Crippen molar-refractivity contribution in [3.8, 4) is 0 Å². The van der Waals surface area contributed by atoms with Crippen molar-refractivity contribution in [3.05, 3.63) is 0 Å². The van der Waals surface area contributed by atoms with E-state index in [1.807, 2.05) is 0 Å². The molecule has 2 heteroatoms. The molecule has 0 heterocycles. The van der Waals surface area contributed by atoms with Crippen LogP contribution in [0.25, 0.3) is 0 Å². The van der Waals surface area contributed by atoms with E-state index in [0.717, 1.165) is 25.0 Å². The SMILES string of the molecule is CCC(CNCCOC)C1CCCC1. The van der Waals surface area contributed by atoms with Gasteiger partial charge in [0.15, 0.2) is 0 Å². The summed E-state index contributed by atoms with van der Waals surface area (Å²) in [5.41, 5.74) is 0. The van der Waals surface area contributed by atoms with Crippen LogP contribution >= 0.6 is 0 Å². The Hall–Kier alpha value is -0.0800. The quantitative estimate of drug-likeness (QED) is 0.636. The summed E-state index contributed by atoms with van der Waals surface area (Å²) in [6.07, 6.45) is 7.16. The molecule has 0 aromatic heterocycles. The van der Waals surface area contributed by atoms with E-state index in [0.29, 0.717) is 0 Å². The standard InChI is InChI=1S/C12H25NO/c1-3-11(10-13-8-9-14-2)12-6-4-5-7-12/h11-13H,3-10H2,1-2H3. The lowest BCUT2D eigenvalue weighted by molar-refractivity contribution is 0.194. The Morgan fingerprint density at radius 3 is 2.64 bits per heavy atom. The smallest absolute Gasteiger partial charge is 0.0587 e. The highest BCUT2D eigenvalue weighted by atomic mass is 16.5. The average Bonchev–Trinajstić information content (AvgIpc) is 2.71. The Labute approximate surface area is 88.4 Å². The topological polar surface area (TPSA) is 21.3 Å². The molecule has 1 fully saturated rings. The third kappa shape index (κ3) is 3.97. The van der Waals surface area contributed by atoms with Crippen LogP contribution in [0.2, 0.25) is 0 Å².